The number of amides is 1. The molecule has 1 aliphatic heterocycles. The molecule has 0 aliphatic carbocycles. The van der Waals surface area contributed by atoms with Gasteiger partial charge in [0.25, 0.3) is 0 Å². The van der Waals surface area contributed by atoms with Gasteiger partial charge >= 0.3 is 12.1 Å². The smallest absolute Gasteiger partial charge is 0.410 e. The van der Waals surface area contributed by atoms with Crippen molar-refractivity contribution in [3.05, 3.63) is 58.4 Å². The van der Waals surface area contributed by atoms with E-state index in [4.69, 9.17) is 4.74 Å². The zero-order chi connectivity index (χ0) is 28.1. The van der Waals surface area contributed by atoms with Crippen LogP contribution in [0.4, 0.5) is 32.4 Å². The van der Waals surface area contributed by atoms with E-state index in [1.807, 2.05) is 27.7 Å². The van der Waals surface area contributed by atoms with Crippen LogP contribution in [0.2, 0.25) is 0 Å². The van der Waals surface area contributed by atoms with Crippen molar-refractivity contribution >= 4 is 17.7 Å². The molecule has 208 valence electrons. The molecule has 0 bridgehead atoms. The Morgan fingerprint density at radius 3 is 2.13 bits per heavy atom. The van der Waals surface area contributed by atoms with E-state index in [1.54, 1.807) is 11.0 Å². The minimum Gasteiger partial charge on any atom is -0.449 e. The molecule has 3 rings (SSSR count). The summed E-state index contributed by atoms with van der Waals surface area (Å²) in [6, 6.07) is 4.25. The van der Waals surface area contributed by atoms with Crippen LogP contribution < -0.4 is 9.64 Å². The Hall–Kier alpha value is -3.37. The van der Waals surface area contributed by atoms with Gasteiger partial charge in [0, 0.05) is 30.9 Å². The van der Waals surface area contributed by atoms with E-state index in [-0.39, 0.29) is 23.7 Å². The van der Waals surface area contributed by atoms with Gasteiger partial charge in [0.15, 0.2) is 0 Å². The fourth-order valence-electron chi connectivity index (χ4n) is 4.39. The molecule has 11 heteroatoms. The van der Waals surface area contributed by atoms with E-state index >= 15 is 0 Å². The maximum Gasteiger partial charge on any atom is 0.410 e. The number of benzene rings is 2. The van der Waals surface area contributed by atoms with Gasteiger partial charge in [-0.25, -0.2) is 22.8 Å². The monoisotopic (exact) mass is 542 g/mol. The molecular weight excluding hydrogens is 511 g/mol. The number of hydrogen-bond acceptors (Lipinski definition) is 5. The molecule has 0 saturated carbocycles. The minimum absolute atomic E-state index is 0.0910. The number of anilines is 1. The van der Waals surface area contributed by atoms with Gasteiger partial charge in [0.05, 0.1) is 12.2 Å². The molecule has 0 spiro atoms. The summed E-state index contributed by atoms with van der Waals surface area (Å²) in [4.78, 5) is 29.0. The van der Waals surface area contributed by atoms with Gasteiger partial charge in [-0.3, -0.25) is 0 Å². The molecule has 6 nitrogen and oxygen atoms in total. The van der Waals surface area contributed by atoms with Crippen LogP contribution in [0, 0.1) is 29.1 Å². The van der Waals surface area contributed by atoms with Crippen molar-refractivity contribution in [3.8, 4) is 5.75 Å². The van der Waals surface area contributed by atoms with Gasteiger partial charge in [-0.2, -0.15) is 8.78 Å². The molecule has 2 aromatic carbocycles. The van der Waals surface area contributed by atoms with Crippen LogP contribution in [0.1, 0.15) is 62.9 Å². The number of rotatable bonds is 8. The molecule has 38 heavy (non-hydrogen) atoms. The summed E-state index contributed by atoms with van der Waals surface area (Å²) >= 11 is 0. The van der Waals surface area contributed by atoms with Gasteiger partial charge in [0.1, 0.15) is 0 Å². The van der Waals surface area contributed by atoms with Crippen LogP contribution in [-0.4, -0.2) is 48.7 Å². The Morgan fingerprint density at radius 1 is 0.895 bits per heavy atom. The summed E-state index contributed by atoms with van der Waals surface area (Å²) in [6.45, 7) is 9.08. The number of unbranched alkanes of at least 4 members (excludes halogenated alkanes) is 1. The predicted molar refractivity (Wildman–Crippen MR) is 131 cm³/mol. The molecule has 1 heterocycles. The van der Waals surface area contributed by atoms with Gasteiger partial charge < -0.3 is 19.3 Å². The maximum absolute atomic E-state index is 14.0. The van der Waals surface area contributed by atoms with Crippen molar-refractivity contribution in [3.63, 3.8) is 0 Å². The zero-order valence-electron chi connectivity index (χ0n) is 21.8. The van der Waals surface area contributed by atoms with Crippen LogP contribution in [0.25, 0.3) is 0 Å². The largest absolute Gasteiger partial charge is 0.449 e. The topological polar surface area (TPSA) is 59.1 Å². The SMILES string of the molecule is CCCCOC(=O)N1C[C@@H](C)N(c2ccc(C(=O)Oc3c(F)c(F)c(F)c(F)c3F)cc2CCC)C[C@@H]1C. The molecule has 1 fully saturated rings. The summed E-state index contributed by atoms with van der Waals surface area (Å²) < 4.78 is 78.3. The molecule has 1 saturated heterocycles. The molecule has 1 aliphatic rings. The standard InChI is InChI=1S/C27H31F5N2O4/c1-5-7-11-37-27(36)34-14-15(3)33(13-16(34)4)19-10-9-18(12-17(19)8-6-2)26(35)38-25-23(31)21(29)20(28)22(30)24(25)32/h9-10,12,15-16H,5-8,11,13-14H2,1-4H3/t15-,16+/m1/s1. The molecule has 0 radical (unpaired) electrons. The normalized spacial score (nSPS) is 17.5. The van der Waals surface area contributed by atoms with Gasteiger partial charge in [0.2, 0.25) is 34.8 Å². The van der Waals surface area contributed by atoms with Crippen LogP contribution in [-0.2, 0) is 11.2 Å². The minimum atomic E-state index is -2.34. The molecule has 0 aromatic heterocycles. The number of nitrogens with zero attached hydrogens (tertiary/aromatic N) is 2. The summed E-state index contributed by atoms with van der Waals surface area (Å²) in [5.74, 6) is -14.1. The molecule has 2 atom stereocenters. The highest BCUT2D eigenvalue weighted by Gasteiger charge is 2.34. The lowest BCUT2D eigenvalue weighted by Gasteiger charge is -2.45. The summed E-state index contributed by atoms with van der Waals surface area (Å²) in [7, 11) is 0. The highest BCUT2D eigenvalue weighted by atomic mass is 19.2. The second-order valence-corrected chi connectivity index (χ2v) is 9.35. The second-order valence-electron chi connectivity index (χ2n) is 9.35. The lowest BCUT2D eigenvalue weighted by molar-refractivity contribution is 0.0714. The van der Waals surface area contributed by atoms with Crippen molar-refractivity contribution in [2.45, 2.75) is 65.5 Å². The van der Waals surface area contributed by atoms with E-state index < -0.39 is 40.8 Å². The number of carbonyl (C=O) groups excluding carboxylic acids is 2. The second kappa shape index (κ2) is 12.4. The third kappa shape index (κ3) is 6.02. The number of halogens is 5. The summed E-state index contributed by atoms with van der Waals surface area (Å²) in [5, 5.41) is 0. The van der Waals surface area contributed by atoms with E-state index in [9.17, 15) is 31.5 Å². The van der Waals surface area contributed by atoms with Gasteiger partial charge in [-0.1, -0.05) is 26.7 Å². The maximum atomic E-state index is 14.0. The van der Waals surface area contributed by atoms with Crippen LogP contribution in [0.5, 0.6) is 5.75 Å². The fourth-order valence-corrected chi connectivity index (χ4v) is 4.39. The molecule has 1 amide bonds. The zero-order valence-corrected chi connectivity index (χ0v) is 21.8. The number of carbonyl (C=O) groups is 2. The summed E-state index contributed by atoms with van der Waals surface area (Å²) in [6.07, 6.45) is 2.58. The quantitative estimate of drug-likeness (QED) is 0.0967. The van der Waals surface area contributed by atoms with E-state index in [2.05, 4.69) is 9.64 Å². The fraction of sp³-hybridized carbons (Fsp3) is 0.481. The third-order valence-electron chi connectivity index (χ3n) is 6.45. The molecular formula is C27H31F5N2O4. The van der Waals surface area contributed by atoms with Gasteiger partial charge in [-0.15, -0.1) is 0 Å². The van der Waals surface area contributed by atoms with Crippen molar-refractivity contribution in [1.29, 1.82) is 0 Å². The summed E-state index contributed by atoms with van der Waals surface area (Å²) in [5.41, 5.74) is 1.43. The van der Waals surface area contributed by atoms with Crippen molar-refractivity contribution in [2.75, 3.05) is 24.6 Å². The average Bonchev–Trinajstić information content (AvgIpc) is 2.90. The molecule has 2 aromatic rings. The van der Waals surface area contributed by atoms with E-state index in [0.717, 1.165) is 24.1 Å². The van der Waals surface area contributed by atoms with Crippen molar-refractivity contribution in [1.82, 2.24) is 4.90 Å². The first-order chi connectivity index (χ1) is 18.0. The van der Waals surface area contributed by atoms with Crippen LogP contribution in [0.3, 0.4) is 0 Å². The first-order valence-electron chi connectivity index (χ1n) is 12.6. The number of esters is 1. The average molecular weight is 543 g/mol. The lowest BCUT2D eigenvalue weighted by atomic mass is 10.00. The van der Waals surface area contributed by atoms with Gasteiger partial charge in [-0.05, 0) is 50.5 Å². The van der Waals surface area contributed by atoms with Crippen LogP contribution >= 0.6 is 0 Å². The van der Waals surface area contributed by atoms with E-state index in [0.29, 0.717) is 32.5 Å². The van der Waals surface area contributed by atoms with Crippen molar-refractivity contribution in [2.24, 2.45) is 0 Å². The number of piperazine rings is 1. The molecule has 0 N–H and O–H groups in total. The number of ether oxygens (including phenoxy) is 2. The molecule has 0 unspecified atom stereocenters. The number of aryl methyl sites for hydroxylation is 1. The van der Waals surface area contributed by atoms with Crippen LogP contribution in [0.15, 0.2) is 18.2 Å². The Bertz CT molecular complexity index is 1160. The Kier molecular flexibility index (Phi) is 9.56. The Labute approximate surface area is 218 Å². The highest BCUT2D eigenvalue weighted by molar-refractivity contribution is 5.92. The highest BCUT2D eigenvalue weighted by Crippen LogP contribution is 2.32. The third-order valence-corrected chi connectivity index (χ3v) is 6.45. The predicted octanol–water partition coefficient (Wildman–Crippen LogP) is 6.39. The first-order valence-corrected chi connectivity index (χ1v) is 12.6. The lowest BCUT2D eigenvalue weighted by Crippen LogP contribution is -2.58. The Morgan fingerprint density at radius 2 is 1.53 bits per heavy atom. The van der Waals surface area contributed by atoms with Crippen molar-refractivity contribution < 1.29 is 41.0 Å². The first kappa shape index (κ1) is 29.2. The van der Waals surface area contributed by atoms with E-state index in [1.165, 1.54) is 12.1 Å². The number of hydrogen-bond donors (Lipinski definition) is 0. The Balaban J connectivity index is 1.83.